The molecule has 0 saturated heterocycles. The second kappa shape index (κ2) is 5.46. The molecule has 1 N–H and O–H groups in total. The second-order valence-electron chi connectivity index (χ2n) is 5.36. The first kappa shape index (κ1) is 14.6. The van der Waals surface area contributed by atoms with Crippen molar-refractivity contribution in [2.24, 2.45) is 0 Å². The lowest BCUT2D eigenvalue weighted by molar-refractivity contribution is -0.117. The number of fused-ring (bicyclic) bond motifs is 1. The Labute approximate surface area is 129 Å². The van der Waals surface area contributed by atoms with Gasteiger partial charge >= 0.3 is 0 Å². The zero-order valence-electron chi connectivity index (χ0n) is 12.1. The van der Waals surface area contributed by atoms with Crippen LogP contribution < -0.4 is 9.62 Å². The van der Waals surface area contributed by atoms with E-state index < -0.39 is 10.0 Å². The minimum Gasteiger partial charge on any atom is -0.307 e. The lowest BCUT2D eigenvalue weighted by Crippen LogP contribution is -2.25. The summed E-state index contributed by atoms with van der Waals surface area (Å²) in [5, 5.41) is 0. The zero-order chi connectivity index (χ0) is 15.7. The van der Waals surface area contributed by atoms with Crippen molar-refractivity contribution in [2.75, 3.05) is 15.9 Å². The van der Waals surface area contributed by atoms with Gasteiger partial charge in [-0.2, -0.15) is 0 Å². The van der Waals surface area contributed by atoms with Gasteiger partial charge in [0.2, 0.25) is 15.9 Å². The van der Waals surface area contributed by atoms with Gasteiger partial charge in [0, 0.05) is 11.4 Å². The second-order valence-corrected chi connectivity index (χ2v) is 7.11. The van der Waals surface area contributed by atoms with E-state index in [1.54, 1.807) is 23.1 Å². The summed E-state index contributed by atoms with van der Waals surface area (Å²) in [6.45, 7) is 0.519. The number of benzene rings is 2. The van der Waals surface area contributed by atoms with Crippen molar-refractivity contribution in [1.82, 2.24) is 0 Å². The van der Waals surface area contributed by atoms with Gasteiger partial charge in [0.15, 0.2) is 0 Å². The molecule has 0 atom stereocenters. The van der Waals surface area contributed by atoms with Crippen LogP contribution >= 0.6 is 0 Å². The molecule has 1 heterocycles. The number of hydrogen-bond donors (Lipinski definition) is 1. The summed E-state index contributed by atoms with van der Waals surface area (Å²) in [7, 11) is -3.32. The molecule has 1 amide bonds. The Bertz CT molecular complexity index is 817. The van der Waals surface area contributed by atoms with E-state index in [4.69, 9.17) is 0 Å². The molecule has 0 radical (unpaired) electrons. The largest absolute Gasteiger partial charge is 0.307 e. The Morgan fingerprint density at radius 3 is 2.55 bits per heavy atom. The van der Waals surface area contributed by atoms with Crippen LogP contribution in [0.1, 0.15) is 11.1 Å². The van der Waals surface area contributed by atoms with E-state index in [1.165, 1.54) is 0 Å². The van der Waals surface area contributed by atoms with Gasteiger partial charge in [0.1, 0.15) is 0 Å². The topological polar surface area (TPSA) is 66.5 Å². The molecule has 0 aromatic heterocycles. The summed E-state index contributed by atoms with van der Waals surface area (Å²) in [5.74, 6) is 0.0235. The molecule has 5 nitrogen and oxygen atoms in total. The lowest BCUT2D eigenvalue weighted by Gasteiger charge is -2.18. The molecular weight excluding hydrogens is 300 g/mol. The number of carbonyl (C=O) groups excluding carboxylic acids is 1. The van der Waals surface area contributed by atoms with Crippen LogP contribution in [0.5, 0.6) is 0 Å². The molecule has 1 aliphatic heterocycles. The Morgan fingerprint density at radius 2 is 1.86 bits per heavy atom. The average Bonchev–Trinajstić information content (AvgIpc) is 2.74. The molecule has 1 aliphatic rings. The van der Waals surface area contributed by atoms with Crippen molar-refractivity contribution < 1.29 is 13.2 Å². The Hall–Kier alpha value is -2.34. The van der Waals surface area contributed by atoms with E-state index in [1.807, 2.05) is 30.3 Å². The lowest BCUT2D eigenvalue weighted by atomic mass is 10.1. The normalized spacial score (nSPS) is 14.0. The van der Waals surface area contributed by atoms with Crippen molar-refractivity contribution in [3.05, 3.63) is 59.7 Å². The van der Waals surface area contributed by atoms with Crippen LogP contribution in [0.4, 0.5) is 11.4 Å². The minimum atomic E-state index is -3.32. The van der Waals surface area contributed by atoms with Crippen molar-refractivity contribution >= 4 is 27.3 Å². The van der Waals surface area contributed by atoms with E-state index in [9.17, 15) is 13.2 Å². The van der Waals surface area contributed by atoms with Crippen LogP contribution in [0.3, 0.4) is 0 Å². The highest BCUT2D eigenvalue weighted by Gasteiger charge is 2.27. The van der Waals surface area contributed by atoms with Gasteiger partial charge in [0.25, 0.3) is 0 Å². The fourth-order valence-corrected chi connectivity index (χ4v) is 3.16. The molecule has 6 heteroatoms. The van der Waals surface area contributed by atoms with Crippen LogP contribution in [0.2, 0.25) is 0 Å². The Balaban J connectivity index is 1.87. The fraction of sp³-hybridized carbons (Fsp3) is 0.188. The van der Waals surface area contributed by atoms with E-state index in [0.717, 1.165) is 23.1 Å². The number of sulfonamides is 1. The number of carbonyl (C=O) groups is 1. The van der Waals surface area contributed by atoms with Gasteiger partial charge in [-0.05, 0) is 29.3 Å². The molecular formula is C16H16N2O3S. The fourth-order valence-electron chi connectivity index (χ4n) is 2.60. The minimum absolute atomic E-state index is 0.0235. The van der Waals surface area contributed by atoms with Crippen molar-refractivity contribution in [2.45, 2.75) is 13.0 Å². The number of hydrogen-bond acceptors (Lipinski definition) is 3. The molecule has 0 fully saturated rings. The number of nitrogens with zero attached hydrogens (tertiary/aromatic N) is 1. The molecule has 0 bridgehead atoms. The summed E-state index contributed by atoms with van der Waals surface area (Å²) in [5.41, 5.74) is 3.22. The number of anilines is 2. The van der Waals surface area contributed by atoms with Crippen LogP contribution in [0, 0.1) is 0 Å². The smallest absolute Gasteiger partial charge is 0.231 e. The van der Waals surface area contributed by atoms with E-state index in [2.05, 4.69) is 4.72 Å². The molecule has 0 unspecified atom stereocenters. The van der Waals surface area contributed by atoms with Crippen LogP contribution in [0.25, 0.3) is 0 Å². The third-order valence-electron chi connectivity index (χ3n) is 3.50. The van der Waals surface area contributed by atoms with E-state index >= 15 is 0 Å². The molecule has 2 aromatic carbocycles. The zero-order valence-corrected chi connectivity index (χ0v) is 12.9. The molecule has 0 aliphatic carbocycles. The summed E-state index contributed by atoms with van der Waals surface area (Å²) in [6, 6.07) is 15.0. The predicted octanol–water partition coefficient (Wildman–Crippen LogP) is 2.15. The highest BCUT2D eigenvalue weighted by Crippen LogP contribution is 2.32. The Kier molecular flexibility index (Phi) is 3.62. The van der Waals surface area contributed by atoms with Crippen LogP contribution in [-0.4, -0.2) is 20.6 Å². The standard InChI is InChI=1S/C16H16N2O3S/c1-22(20,21)17-14-7-8-15-13(9-14)10-16(19)18(15)11-12-5-3-2-4-6-12/h2-9,17H,10-11H2,1H3. The van der Waals surface area contributed by atoms with Gasteiger partial charge in [-0.3, -0.25) is 9.52 Å². The van der Waals surface area contributed by atoms with Gasteiger partial charge in [-0.15, -0.1) is 0 Å². The molecule has 2 aromatic rings. The van der Waals surface area contributed by atoms with Gasteiger partial charge in [-0.25, -0.2) is 8.42 Å². The quantitative estimate of drug-likeness (QED) is 0.940. The predicted molar refractivity (Wildman–Crippen MR) is 86.2 cm³/mol. The first-order valence-corrected chi connectivity index (χ1v) is 8.76. The van der Waals surface area contributed by atoms with Gasteiger partial charge in [0.05, 0.1) is 19.2 Å². The maximum atomic E-state index is 12.2. The van der Waals surface area contributed by atoms with Crippen molar-refractivity contribution in [3.63, 3.8) is 0 Å². The maximum Gasteiger partial charge on any atom is 0.231 e. The van der Waals surface area contributed by atoms with Crippen molar-refractivity contribution in [1.29, 1.82) is 0 Å². The van der Waals surface area contributed by atoms with E-state index in [0.29, 0.717) is 18.7 Å². The molecule has 0 saturated carbocycles. The summed E-state index contributed by atoms with van der Waals surface area (Å²) in [4.78, 5) is 14.0. The maximum absolute atomic E-state index is 12.2. The third kappa shape index (κ3) is 3.12. The first-order chi connectivity index (χ1) is 10.4. The average molecular weight is 316 g/mol. The first-order valence-electron chi connectivity index (χ1n) is 6.87. The number of amides is 1. The third-order valence-corrected chi connectivity index (χ3v) is 4.11. The Morgan fingerprint density at radius 1 is 1.14 bits per heavy atom. The summed E-state index contributed by atoms with van der Waals surface area (Å²) >= 11 is 0. The molecule has 114 valence electrons. The summed E-state index contributed by atoms with van der Waals surface area (Å²) in [6.07, 6.45) is 1.40. The SMILES string of the molecule is CS(=O)(=O)Nc1ccc2c(c1)CC(=O)N2Cc1ccccc1. The van der Waals surface area contributed by atoms with Crippen LogP contribution in [0.15, 0.2) is 48.5 Å². The molecule has 22 heavy (non-hydrogen) atoms. The van der Waals surface area contributed by atoms with Gasteiger partial charge < -0.3 is 4.90 Å². The summed E-state index contributed by atoms with van der Waals surface area (Å²) < 4.78 is 25.0. The molecule has 3 rings (SSSR count). The highest BCUT2D eigenvalue weighted by molar-refractivity contribution is 7.92. The van der Waals surface area contributed by atoms with E-state index in [-0.39, 0.29) is 5.91 Å². The molecule has 0 spiro atoms. The van der Waals surface area contributed by atoms with Crippen molar-refractivity contribution in [3.8, 4) is 0 Å². The van der Waals surface area contributed by atoms with Crippen LogP contribution in [-0.2, 0) is 27.8 Å². The number of rotatable bonds is 4. The monoisotopic (exact) mass is 316 g/mol. The van der Waals surface area contributed by atoms with Gasteiger partial charge in [-0.1, -0.05) is 30.3 Å². The number of nitrogens with one attached hydrogen (secondary N) is 1. The highest BCUT2D eigenvalue weighted by atomic mass is 32.2.